The Morgan fingerprint density at radius 3 is 2.80 bits per heavy atom. The minimum absolute atomic E-state index is 0.589. The molecule has 2 heterocycles. The maximum absolute atomic E-state index is 5.62. The highest BCUT2D eigenvalue weighted by molar-refractivity contribution is 9.10. The Balaban J connectivity index is 2.02. The van der Waals surface area contributed by atoms with Gasteiger partial charge < -0.3 is 19.4 Å². The lowest BCUT2D eigenvalue weighted by molar-refractivity contribution is 0.171. The average molecular weight is 338 g/mol. The molecule has 1 aliphatic heterocycles. The molecule has 0 saturated carbocycles. The fraction of sp³-hybridized carbons (Fsp3) is 0.357. The molecule has 0 amide bonds. The number of imidazole rings is 1. The molecule has 0 spiro atoms. The summed E-state index contributed by atoms with van der Waals surface area (Å²) in [6.45, 7) is 1.91. The molecule has 5 nitrogen and oxygen atoms in total. The number of nitrogens with zero attached hydrogens (tertiary/aromatic N) is 2. The van der Waals surface area contributed by atoms with E-state index in [1.807, 2.05) is 36.9 Å². The predicted octanol–water partition coefficient (Wildman–Crippen LogP) is 2.34. The van der Waals surface area contributed by atoms with Crippen LogP contribution >= 0.6 is 15.9 Å². The molecule has 3 rings (SSSR count). The van der Waals surface area contributed by atoms with Crippen molar-refractivity contribution in [2.45, 2.75) is 6.54 Å². The van der Waals surface area contributed by atoms with Crippen LogP contribution in [0.25, 0.3) is 11.4 Å². The van der Waals surface area contributed by atoms with Gasteiger partial charge in [-0.25, -0.2) is 4.98 Å². The van der Waals surface area contributed by atoms with Gasteiger partial charge in [-0.2, -0.15) is 0 Å². The third-order valence-electron chi connectivity index (χ3n) is 3.24. The second-order valence-corrected chi connectivity index (χ2v) is 5.37. The van der Waals surface area contributed by atoms with E-state index in [1.165, 1.54) is 0 Å². The van der Waals surface area contributed by atoms with E-state index >= 15 is 0 Å². The van der Waals surface area contributed by atoms with Crippen LogP contribution in [0.4, 0.5) is 0 Å². The van der Waals surface area contributed by atoms with E-state index in [9.17, 15) is 0 Å². The van der Waals surface area contributed by atoms with E-state index in [4.69, 9.17) is 9.47 Å². The number of rotatable bonds is 3. The number of halogens is 1. The van der Waals surface area contributed by atoms with Crippen LogP contribution in [-0.2, 0) is 13.6 Å². The average Bonchev–Trinajstić information content (AvgIpc) is 2.76. The second kappa shape index (κ2) is 5.46. The Kier molecular flexibility index (Phi) is 3.67. The number of hydrogen-bond acceptors (Lipinski definition) is 4. The summed E-state index contributed by atoms with van der Waals surface area (Å²) in [5.74, 6) is 2.48. The molecule has 0 unspecified atom stereocenters. The van der Waals surface area contributed by atoms with Crippen LogP contribution in [0.15, 0.2) is 22.8 Å². The highest BCUT2D eigenvalue weighted by Crippen LogP contribution is 2.35. The zero-order valence-electron chi connectivity index (χ0n) is 11.4. The van der Waals surface area contributed by atoms with Gasteiger partial charge in [-0.1, -0.05) is 0 Å². The molecular formula is C14H16BrN3O2. The minimum atomic E-state index is 0.589. The maximum atomic E-state index is 5.62. The number of hydrogen-bond donors (Lipinski definition) is 1. The number of nitrogens with one attached hydrogen (secondary N) is 1. The first-order chi connectivity index (χ1) is 9.70. The van der Waals surface area contributed by atoms with Crippen LogP contribution < -0.4 is 14.8 Å². The Morgan fingerprint density at radius 1 is 1.30 bits per heavy atom. The van der Waals surface area contributed by atoms with Crippen LogP contribution in [-0.4, -0.2) is 29.8 Å². The Bertz CT molecular complexity index is 640. The Hall–Kier alpha value is -1.53. The minimum Gasteiger partial charge on any atom is -0.486 e. The van der Waals surface area contributed by atoms with E-state index in [0.717, 1.165) is 39.7 Å². The number of fused-ring (bicyclic) bond motifs is 1. The van der Waals surface area contributed by atoms with Gasteiger partial charge in [-0.3, -0.25) is 0 Å². The lowest BCUT2D eigenvalue weighted by atomic mass is 10.2. The van der Waals surface area contributed by atoms with Crippen molar-refractivity contribution in [3.05, 3.63) is 28.5 Å². The van der Waals surface area contributed by atoms with Gasteiger partial charge in [-0.15, -0.1) is 0 Å². The Morgan fingerprint density at radius 2 is 2.05 bits per heavy atom. The van der Waals surface area contributed by atoms with Gasteiger partial charge in [0.15, 0.2) is 11.5 Å². The SMILES string of the molecule is CNCc1nc(-c2ccc3c(c2)OCCO3)n(C)c1Br. The van der Waals surface area contributed by atoms with Crippen LogP contribution in [0.3, 0.4) is 0 Å². The monoisotopic (exact) mass is 337 g/mol. The van der Waals surface area contributed by atoms with Crippen molar-refractivity contribution in [3.63, 3.8) is 0 Å². The first kappa shape index (κ1) is 13.5. The summed E-state index contributed by atoms with van der Waals surface area (Å²) in [6.07, 6.45) is 0. The highest BCUT2D eigenvalue weighted by atomic mass is 79.9. The number of benzene rings is 1. The standard InChI is InChI=1S/C14H16BrN3O2/c1-16-8-10-13(15)18(2)14(17-10)9-3-4-11-12(7-9)20-6-5-19-11/h3-4,7,16H,5-6,8H2,1-2H3. The predicted molar refractivity (Wildman–Crippen MR) is 80.1 cm³/mol. The van der Waals surface area contributed by atoms with Crippen molar-refractivity contribution >= 4 is 15.9 Å². The van der Waals surface area contributed by atoms with E-state index < -0.39 is 0 Å². The molecule has 6 heteroatoms. The van der Waals surface area contributed by atoms with Crippen molar-refractivity contribution < 1.29 is 9.47 Å². The number of ether oxygens (including phenoxy) is 2. The zero-order chi connectivity index (χ0) is 14.1. The van der Waals surface area contributed by atoms with Gasteiger partial charge in [0.25, 0.3) is 0 Å². The highest BCUT2D eigenvalue weighted by Gasteiger charge is 2.17. The van der Waals surface area contributed by atoms with Gasteiger partial charge >= 0.3 is 0 Å². The normalized spacial score (nSPS) is 13.6. The fourth-order valence-corrected chi connectivity index (χ4v) is 2.65. The van der Waals surface area contributed by atoms with Crippen molar-refractivity contribution in [1.29, 1.82) is 0 Å². The smallest absolute Gasteiger partial charge is 0.162 e. The van der Waals surface area contributed by atoms with Crippen molar-refractivity contribution in [2.75, 3.05) is 20.3 Å². The lowest BCUT2D eigenvalue weighted by Gasteiger charge is -2.18. The molecule has 0 aliphatic carbocycles. The van der Waals surface area contributed by atoms with Crippen molar-refractivity contribution in [3.8, 4) is 22.9 Å². The third-order valence-corrected chi connectivity index (χ3v) is 4.23. The molecule has 2 aromatic rings. The van der Waals surface area contributed by atoms with Gasteiger partial charge in [0.1, 0.15) is 23.6 Å². The molecule has 20 heavy (non-hydrogen) atoms. The molecular weight excluding hydrogens is 322 g/mol. The molecule has 1 aliphatic rings. The molecule has 0 fully saturated rings. The van der Waals surface area contributed by atoms with E-state index in [1.54, 1.807) is 0 Å². The molecule has 1 aromatic heterocycles. The van der Waals surface area contributed by atoms with E-state index in [0.29, 0.717) is 13.2 Å². The van der Waals surface area contributed by atoms with Gasteiger partial charge in [0.2, 0.25) is 0 Å². The number of aromatic nitrogens is 2. The molecule has 0 atom stereocenters. The third kappa shape index (κ3) is 2.29. The molecule has 1 aromatic carbocycles. The Labute approximate surface area is 126 Å². The molecule has 0 radical (unpaired) electrons. The summed E-state index contributed by atoms with van der Waals surface area (Å²) >= 11 is 3.58. The summed E-state index contributed by atoms with van der Waals surface area (Å²) in [7, 11) is 3.90. The van der Waals surface area contributed by atoms with Gasteiger partial charge in [-0.05, 0) is 41.2 Å². The summed E-state index contributed by atoms with van der Waals surface area (Å²) in [5.41, 5.74) is 2.00. The molecule has 1 N–H and O–H groups in total. The zero-order valence-corrected chi connectivity index (χ0v) is 13.0. The molecule has 106 valence electrons. The van der Waals surface area contributed by atoms with Crippen molar-refractivity contribution in [2.24, 2.45) is 7.05 Å². The molecule has 0 saturated heterocycles. The summed E-state index contributed by atoms with van der Waals surface area (Å²) < 4.78 is 14.2. The maximum Gasteiger partial charge on any atom is 0.162 e. The van der Waals surface area contributed by atoms with Crippen molar-refractivity contribution in [1.82, 2.24) is 14.9 Å². The van der Waals surface area contributed by atoms with Gasteiger partial charge in [0, 0.05) is 19.2 Å². The summed E-state index contributed by atoms with van der Waals surface area (Å²) in [5, 5.41) is 3.12. The van der Waals surface area contributed by atoms with Gasteiger partial charge in [0.05, 0.1) is 5.69 Å². The quantitative estimate of drug-likeness (QED) is 0.933. The first-order valence-corrected chi connectivity index (χ1v) is 7.25. The topological polar surface area (TPSA) is 48.3 Å². The summed E-state index contributed by atoms with van der Waals surface area (Å²) in [6, 6.07) is 5.92. The summed E-state index contributed by atoms with van der Waals surface area (Å²) in [4.78, 5) is 4.68. The lowest BCUT2D eigenvalue weighted by Crippen LogP contribution is -2.15. The van der Waals surface area contributed by atoms with Crippen LogP contribution in [0.5, 0.6) is 11.5 Å². The van der Waals surface area contributed by atoms with Crippen LogP contribution in [0, 0.1) is 0 Å². The van der Waals surface area contributed by atoms with Crippen LogP contribution in [0.1, 0.15) is 5.69 Å². The first-order valence-electron chi connectivity index (χ1n) is 6.46. The van der Waals surface area contributed by atoms with Crippen LogP contribution in [0.2, 0.25) is 0 Å². The second-order valence-electron chi connectivity index (χ2n) is 4.62. The van der Waals surface area contributed by atoms with E-state index in [-0.39, 0.29) is 0 Å². The fourth-order valence-electron chi connectivity index (χ4n) is 2.26. The largest absolute Gasteiger partial charge is 0.486 e. The molecule has 0 bridgehead atoms. The van der Waals surface area contributed by atoms with E-state index in [2.05, 4.69) is 26.2 Å².